The standard InChI is InChI=1S/C15H19N3S/c1-3-10-16-14-13(4-2)15(18-11-17-14)19-12-8-6-5-7-9-12/h5-9,11H,3-4,10H2,1-2H3,(H,16,17,18). The van der Waals surface area contributed by atoms with Crippen LogP contribution in [-0.2, 0) is 6.42 Å². The molecule has 0 bridgehead atoms. The predicted octanol–water partition coefficient (Wildman–Crippen LogP) is 4.01. The lowest BCUT2D eigenvalue weighted by molar-refractivity contribution is 0.911. The summed E-state index contributed by atoms with van der Waals surface area (Å²) in [6, 6.07) is 10.3. The molecule has 4 heteroatoms. The summed E-state index contributed by atoms with van der Waals surface area (Å²) in [6.45, 7) is 5.24. The SMILES string of the molecule is CCCNc1ncnc(Sc2ccccc2)c1CC. The Bertz CT molecular complexity index is 514. The first-order chi connectivity index (χ1) is 9.35. The first-order valence-electron chi connectivity index (χ1n) is 6.65. The van der Waals surface area contributed by atoms with E-state index in [9.17, 15) is 0 Å². The molecule has 2 rings (SSSR count). The van der Waals surface area contributed by atoms with Gasteiger partial charge in [-0.3, -0.25) is 0 Å². The van der Waals surface area contributed by atoms with Crippen molar-refractivity contribution in [2.24, 2.45) is 0 Å². The van der Waals surface area contributed by atoms with Crippen molar-refractivity contribution in [3.05, 3.63) is 42.2 Å². The Morgan fingerprint density at radius 1 is 1.11 bits per heavy atom. The van der Waals surface area contributed by atoms with E-state index < -0.39 is 0 Å². The molecule has 0 spiro atoms. The van der Waals surface area contributed by atoms with Gasteiger partial charge in [0.2, 0.25) is 0 Å². The van der Waals surface area contributed by atoms with Crippen molar-refractivity contribution in [2.75, 3.05) is 11.9 Å². The van der Waals surface area contributed by atoms with E-state index in [1.165, 1.54) is 10.5 Å². The van der Waals surface area contributed by atoms with Gasteiger partial charge in [0.1, 0.15) is 17.2 Å². The van der Waals surface area contributed by atoms with Crippen LogP contribution < -0.4 is 5.32 Å². The van der Waals surface area contributed by atoms with E-state index in [1.54, 1.807) is 18.1 Å². The number of nitrogens with one attached hydrogen (secondary N) is 1. The van der Waals surface area contributed by atoms with Gasteiger partial charge in [0.25, 0.3) is 0 Å². The van der Waals surface area contributed by atoms with Gasteiger partial charge in [-0.15, -0.1) is 0 Å². The molecule has 1 heterocycles. The first kappa shape index (κ1) is 13.9. The van der Waals surface area contributed by atoms with Gasteiger partial charge >= 0.3 is 0 Å². The molecule has 0 fully saturated rings. The summed E-state index contributed by atoms with van der Waals surface area (Å²) < 4.78 is 0. The Hall–Kier alpha value is -1.55. The molecular weight excluding hydrogens is 254 g/mol. The molecule has 0 aliphatic carbocycles. The summed E-state index contributed by atoms with van der Waals surface area (Å²) in [5.74, 6) is 0.970. The Kier molecular flexibility index (Phi) is 5.21. The van der Waals surface area contributed by atoms with Crippen LogP contribution in [0.4, 0.5) is 5.82 Å². The third kappa shape index (κ3) is 3.70. The van der Waals surface area contributed by atoms with Crippen molar-refractivity contribution in [1.29, 1.82) is 0 Å². The maximum Gasteiger partial charge on any atom is 0.133 e. The largest absolute Gasteiger partial charge is 0.370 e. The van der Waals surface area contributed by atoms with Gasteiger partial charge in [0.05, 0.1) is 0 Å². The van der Waals surface area contributed by atoms with Gasteiger partial charge < -0.3 is 5.32 Å². The second kappa shape index (κ2) is 7.14. The molecule has 2 aromatic rings. The highest BCUT2D eigenvalue weighted by Crippen LogP contribution is 2.31. The van der Waals surface area contributed by atoms with Crippen molar-refractivity contribution in [2.45, 2.75) is 36.6 Å². The number of rotatable bonds is 6. The molecule has 19 heavy (non-hydrogen) atoms. The molecule has 1 aromatic heterocycles. The smallest absolute Gasteiger partial charge is 0.133 e. The summed E-state index contributed by atoms with van der Waals surface area (Å²) in [4.78, 5) is 9.99. The lowest BCUT2D eigenvalue weighted by Crippen LogP contribution is -2.06. The van der Waals surface area contributed by atoms with Crippen molar-refractivity contribution < 1.29 is 0 Å². The molecule has 0 unspecified atom stereocenters. The van der Waals surface area contributed by atoms with E-state index >= 15 is 0 Å². The molecule has 100 valence electrons. The summed E-state index contributed by atoms with van der Waals surface area (Å²) in [6.07, 6.45) is 3.67. The average Bonchev–Trinajstić information content (AvgIpc) is 2.46. The maximum atomic E-state index is 4.43. The van der Waals surface area contributed by atoms with Gasteiger partial charge in [-0.1, -0.05) is 43.8 Å². The van der Waals surface area contributed by atoms with Crippen LogP contribution in [0.15, 0.2) is 46.6 Å². The van der Waals surface area contributed by atoms with Crippen LogP contribution in [-0.4, -0.2) is 16.5 Å². The maximum absolute atomic E-state index is 4.43. The minimum Gasteiger partial charge on any atom is -0.370 e. The molecule has 1 N–H and O–H groups in total. The molecule has 0 saturated carbocycles. The quantitative estimate of drug-likeness (QED) is 0.807. The fourth-order valence-electron chi connectivity index (χ4n) is 1.80. The summed E-state index contributed by atoms with van der Waals surface area (Å²) >= 11 is 1.70. The molecule has 0 saturated heterocycles. The molecule has 0 atom stereocenters. The number of nitrogens with zero attached hydrogens (tertiary/aromatic N) is 2. The third-order valence-electron chi connectivity index (χ3n) is 2.76. The van der Waals surface area contributed by atoms with Crippen LogP contribution in [0.5, 0.6) is 0 Å². The summed E-state index contributed by atoms with van der Waals surface area (Å²) in [5, 5.41) is 4.42. The average molecular weight is 273 g/mol. The van der Waals surface area contributed by atoms with Gasteiger partial charge in [0, 0.05) is 17.0 Å². The zero-order chi connectivity index (χ0) is 13.5. The highest BCUT2D eigenvalue weighted by molar-refractivity contribution is 7.99. The van der Waals surface area contributed by atoms with Crippen LogP contribution in [0.2, 0.25) is 0 Å². The molecule has 3 nitrogen and oxygen atoms in total. The van der Waals surface area contributed by atoms with E-state index in [4.69, 9.17) is 0 Å². The van der Waals surface area contributed by atoms with Crippen LogP contribution in [0.1, 0.15) is 25.8 Å². The Balaban J connectivity index is 2.24. The van der Waals surface area contributed by atoms with Crippen LogP contribution >= 0.6 is 11.8 Å². The number of hydrogen-bond donors (Lipinski definition) is 1. The fourth-order valence-corrected chi connectivity index (χ4v) is 2.78. The Labute approximate surface area is 118 Å². The van der Waals surface area contributed by atoms with Crippen molar-refractivity contribution in [1.82, 2.24) is 9.97 Å². The lowest BCUT2D eigenvalue weighted by atomic mass is 10.2. The fraction of sp³-hybridized carbons (Fsp3) is 0.333. The van der Waals surface area contributed by atoms with Crippen LogP contribution in [0.25, 0.3) is 0 Å². The van der Waals surface area contributed by atoms with E-state index in [1.807, 2.05) is 18.2 Å². The minimum absolute atomic E-state index is 0.933. The molecule has 0 aliphatic rings. The second-order valence-electron chi connectivity index (χ2n) is 4.20. The van der Waals surface area contributed by atoms with Crippen molar-refractivity contribution in [3.8, 4) is 0 Å². The highest BCUT2D eigenvalue weighted by Gasteiger charge is 2.10. The van der Waals surface area contributed by atoms with E-state index in [0.29, 0.717) is 0 Å². The predicted molar refractivity (Wildman–Crippen MR) is 80.8 cm³/mol. The molecule has 0 amide bonds. The number of anilines is 1. The Morgan fingerprint density at radius 3 is 2.58 bits per heavy atom. The van der Waals surface area contributed by atoms with Gasteiger partial charge in [-0.25, -0.2) is 9.97 Å². The third-order valence-corrected chi connectivity index (χ3v) is 3.81. The van der Waals surface area contributed by atoms with E-state index in [-0.39, 0.29) is 0 Å². The van der Waals surface area contributed by atoms with E-state index in [0.717, 1.165) is 30.2 Å². The lowest BCUT2D eigenvalue weighted by Gasteiger charge is -2.12. The first-order valence-corrected chi connectivity index (χ1v) is 7.47. The Morgan fingerprint density at radius 2 is 1.89 bits per heavy atom. The minimum atomic E-state index is 0.933. The summed E-state index contributed by atoms with van der Waals surface area (Å²) in [7, 11) is 0. The van der Waals surface area contributed by atoms with Crippen molar-refractivity contribution in [3.63, 3.8) is 0 Å². The topological polar surface area (TPSA) is 37.8 Å². The highest BCUT2D eigenvalue weighted by atomic mass is 32.2. The van der Waals surface area contributed by atoms with E-state index in [2.05, 4.69) is 41.3 Å². The monoisotopic (exact) mass is 273 g/mol. The number of benzene rings is 1. The van der Waals surface area contributed by atoms with Crippen LogP contribution in [0.3, 0.4) is 0 Å². The number of hydrogen-bond acceptors (Lipinski definition) is 4. The summed E-state index contributed by atoms with van der Waals surface area (Å²) in [5.41, 5.74) is 1.20. The molecular formula is C15H19N3S. The molecule has 0 aliphatic heterocycles. The zero-order valence-electron chi connectivity index (χ0n) is 11.4. The van der Waals surface area contributed by atoms with Gasteiger partial charge in [-0.2, -0.15) is 0 Å². The van der Waals surface area contributed by atoms with Crippen LogP contribution in [0, 0.1) is 0 Å². The number of aromatic nitrogens is 2. The normalized spacial score (nSPS) is 10.4. The van der Waals surface area contributed by atoms with Gasteiger partial charge in [-0.05, 0) is 25.0 Å². The second-order valence-corrected chi connectivity index (χ2v) is 5.26. The van der Waals surface area contributed by atoms with Crippen molar-refractivity contribution >= 4 is 17.6 Å². The molecule has 0 radical (unpaired) electrons. The molecule has 1 aromatic carbocycles. The zero-order valence-corrected chi connectivity index (χ0v) is 12.2. The van der Waals surface area contributed by atoms with Gasteiger partial charge in [0.15, 0.2) is 0 Å².